The quantitative estimate of drug-likeness (QED) is 0.751. The van der Waals surface area contributed by atoms with E-state index in [0.717, 1.165) is 6.54 Å². The molecule has 2 heteroatoms. The average molecular weight is 223 g/mol. The van der Waals surface area contributed by atoms with Crippen LogP contribution in [0.2, 0.25) is 0 Å². The summed E-state index contributed by atoms with van der Waals surface area (Å²) in [5, 5.41) is 3.43. The van der Waals surface area contributed by atoms with E-state index >= 15 is 0 Å². The van der Waals surface area contributed by atoms with E-state index in [1.807, 2.05) is 6.07 Å². The Balaban J connectivity index is 1.75. The molecule has 2 aromatic carbocycles. The predicted octanol–water partition coefficient (Wildman–Crippen LogP) is 3.08. The highest BCUT2D eigenvalue weighted by atomic mass is 16.6. The molecule has 0 aromatic heterocycles. The molecule has 0 amide bonds. The number of nitrogens with one attached hydrogen (secondary N) is 1. The van der Waals surface area contributed by atoms with Crippen LogP contribution in [0, 0.1) is 0 Å². The van der Waals surface area contributed by atoms with Gasteiger partial charge in [0.2, 0.25) is 0 Å². The van der Waals surface area contributed by atoms with Crippen molar-refractivity contribution in [2.45, 2.75) is 11.7 Å². The third-order valence-electron chi connectivity index (χ3n) is 3.72. The van der Waals surface area contributed by atoms with Crippen LogP contribution >= 0.6 is 0 Å². The summed E-state index contributed by atoms with van der Waals surface area (Å²) >= 11 is 0. The molecule has 4 rings (SSSR count). The molecule has 2 heterocycles. The van der Waals surface area contributed by atoms with Crippen molar-refractivity contribution in [1.82, 2.24) is 0 Å². The summed E-state index contributed by atoms with van der Waals surface area (Å²) in [6.45, 7) is 0.881. The smallest absolute Gasteiger partial charge is 0.143 e. The molecular weight excluding hydrogens is 210 g/mol. The lowest BCUT2D eigenvalue weighted by molar-refractivity contribution is 0.313. The van der Waals surface area contributed by atoms with Gasteiger partial charge in [-0.1, -0.05) is 48.5 Å². The fourth-order valence-corrected chi connectivity index (χ4v) is 2.81. The third-order valence-corrected chi connectivity index (χ3v) is 3.72. The van der Waals surface area contributed by atoms with Crippen molar-refractivity contribution in [1.29, 1.82) is 0 Å². The fraction of sp³-hybridized carbons (Fsp3) is 0.200. The van der Waals surface area contributed by atoms with Crippen molar-refractivity contribution in [2.24, 2.45) is 0 Å². The van der Waals surface area contributed by atoms with Crippen molar-refractivity contribution in [3.8, 4) is 0 Å². The van der Waals surface area contributed by atoms with Gasteiger partial charge >= 0.3 is 0 Å². The standard InChI is InChI=1S/C15H13NO/c1-2-6-11(7-3-1)14-15(17-14)10-16-13-9-5-4-8-12(13)15/h1-9,14,16H,10H2. The van der Waals surface area contributed by atoms with Gasteiger partial charge in [-0.25, -0.2) is 0 Å². The normalized spacial score (nSPS) is 28.8. The van der Waals surface area contributed by atoms with Gasteiger partial charge in [-0.05, 0) is 11.6 Å². The number of hydrogen-bond acceptors (Lipinski definition) is 2. The van der Waals surface area contributed by atoms with Crippen LogP contribution in [-0.2, 0) is 10.3 Å². The van der Waals surface area contributed by atoms with Crippen molar-refractivity contribution in [2.75, 3.05) is 11.9 Å². The number of ether oxygens (including phenoxy) is 1. The van der Waals surface area contributed by atoms with Crippen LogP contribution in [0.1, 0.15) is 17.2 Å². The Morgan fingerprint density at radius 1 is 1.00 bits per heavy atom. The first kappa shape index (κ1) is 9.25. The summed E-state index contributed by atoms with van der Waals surface area (Å²) in [5.74, 6) is 0. The maximum absolute atomic E-state index is 6.02. The number of fused-ring (bicyclic) bond motifs is 2. The van der Waals surface area contributed by atoms with Gasteiger partial charge < -0.3 is 10.1 Å². The van der Waals surface area contributed by atoms with Gasteiger partial charge in [-0.15, -0.1) is 0 Å². The average Bonchev–Trinajstić information content (AvgIpc) is 3.02. The lowest BCUT2D eigenvalue weighted by atomic mass is 9.94. The second kappa shape index (κ2) is 3.11. The summed E-state index contributed by atoms with van der Waals surface area (Å²) in [6, 6.07) is 18.9. The molecule has 1 spiro atoms. The van der Waals surface area contributed by atoms with E-state index in [2.05, 4.69) is 53.8 Å². The number of epoxide rings is 1. The molecule has 0 radical (unpaired) electrons. The van der Waals surface area contributed by atoms with Gasteiger partial charge in [0, 0.05) is 11.3 Å². The van der Waals surface area contributed by atoms with Gasteiger partial charge in [0.05, 0.1) is 6.54 Å². The molecule has 2 unspecified atom stereocenters. The van der Waals surface area contributed by atoms with E-state index in [1.165, 1.54) is 16.8 Å². The first-order valence-electron chi connectivity index (χ1n) is 5.96. The first-order valence-corrected chi connectivity index (χ1v) is 5.96. The zero-order chi connectivity index (χ0) is 11.3. The second-order valence-electron chi connectivity index (χ2n) is 4.70. The Kier molecular flexibility index (Phi) is 1.69. The van der Waals surface area contributed by atoms with E-state index < -0.39 is 0 Å². The molecule has 0 saturated carbocycles. The number of hydrogen-bond donors (Lipinski definition) is 1. The SMILES string of the molecule is c1ccc(C2OC23CNc2ccccc23)cc1. The van der Waals surface area contributed by atoms with E-state index in [9.17, 15) is 0 Å². The molecule has 1 N–H and O–H groups in total. The third kappa shape index (κ3) is 1.19. The Morgan fingerprint density at radius 3 is 2.65 bits per heavy atom. The highest BCUT2D eigenvalue weighted by Gasteiger charge is 2.61. The monoisotopic (exact) mass is 223 g/mol. The Labute approximate surface area is 100 Å². The minimum Gasteiger partial charge on any atom is -0.381 e. The van der Waals surface area contributed by atoms with E-state index in [-0.39, 0.29) is 11.7 Å². The summed E-state index contributed by atoms with van der Waals surface area (Å²) in [7, 11) is 0. The molecule has 84 valence electrons. The summed E-state index contributed by atoms with van der Waals surface area (Å²) < 4.78 is 6.02. The minimum absolute atomic E-state index is 0.113. The molecule has 17 heavy (non-hydrogen) atoms. The molecular formula is C15H13NO. The van der Waals surface area contributed by atoms with Crippen molar-refractivity contribution in [3.63, 3.8) is 0 Å². The topological polar surface area (TPSA) is 24.6 Å². The molecule has 2 nitrogen and oxygen atoms in total. The van der Waals surface area contributed by atoms with Crippen LogP contribution < -0.4 is 5.32 Å². The Morgan fingerprint density at radius 2 is 1.76 bits per heavy atom. The Bertz CT molecular complexity index is 566. The molecule has 0 aliphatic carbocycles. The predicted molar refractivity (Wildman–Crippen MR) is 66.9 cm³/mol. The lowest BCUT2D eigenvalue weighted by Gasteiger charge is -2.04. The van der Waals surface area contributed by atoms with Crippen LogP contribution in [0.3, 0.4) is 0 Å². The molecule has 1 fully saturated rings. The highest BCUT2D eigenvalue weighted by molar-refractivity contribution is 5.62. The largest absolute Gasteiger partial charge is 0.381 e. The molecule has 0 bridgehead atoms. The lowest BCUT2D eigenvalue weighted by Crippen LogP contribution is -2.12. The number of para-hydroxylation sites is 1. The van der Waals surface area contributed by atoms with Gasteiger partial charge in [0.15, 0.2) is 0 Å². The van der Waals surface area contributed by atoms with Crippen molar-refractivity contribution in [3.05, 3.63) is 65.7 Å². The van der Waals surface area contributed by atoms with Crippen LogP contribution in [0.5, 0.6) is 0 Å². The van der Waals surface area contributed by atoms with E-state index in [4.69, 9.17) is 4.74 Å². The number of anilines is 1. The molecule has 1 saturated heterocycles. The zero-order valence-electron chi connectivity index (χ0n) is 9.39. The van der Waals surface area contributed by atoms with Crippen LogP contribution in [0.15, 0.2) is 54.6 Å². The second-order valence-corrected chi connectivity index (χ2v) is 4.70. The van der Waals surface area contributed by atoms with Crippen molar-refractivity contribution >= 4 is 5.69 Å². The Hall–Kier alpha value is -1.80. The van der Waals surface area contributed by atoms with E-state index in [1.54, 1.807) is 0 Å². The maximum Gasteiger partial charge on any atom is 0.143 e. The number of rotatable bonds is 1. The maximum atomic E-state index is 6.02. The summed E-state index contributed by atoms with van der Waals surface area (Å²) in [6.07, 6.45) is 0.208. The molecule has 2 atom stereocenters. The molecule has 2 aromatic rings. The highest BCUT2D eigenvalue weighted by Crippen LogP contribution is 2.60. The molecule has 2 aliphatic heterocycles. The van der Waals surface area contributed by atoms with Gasteiger partial charge in [0.25, 0.3) is 0 Å². The van der Waals surface area contributed by atoms with Crippen molar-refractivity contribution < 1.29 is 4.74 Å². The summed E-state index contributed by atoms with van der Waals surface area (Å²) in [5.41, 5.74) is 3.67. The van der Waals surface area contributed by atoms with Crippen LogP contribution in [0.4, 0.5) is 5.69 Å². The van der Waals surface area contributed by atoms with Crippen LogP contribution in [-0.4, -0.2) is 6.54 Å². The number of benzene rings is 2. The van der Waals surface area contributed by atoms with Gasteiger partial charge in [0.1, 0.15) is 11.7 Å². The van der Waals surface area contributed by atoms with E-state index in [0.29, 0.717) is 0 Å². The zero-order valence-corrected chi connectivity index (χ0v) is 9.39. The van der Waals surface area contributed by atoms with Crippen LogP contribution in [0.25, 0.3) is 0 Å². The van der Waals surface area contributed by atoms with Gasteiger partial charge in [-0.2, -0.15) is 0 Å². The molecule has 2 aliphatic rings. The fourth-order valence-electron chi connectivity index (χ4n) is 2.81. The first-order chi connectivity index (χ1) is 8.40. The minimum atomic E-state index is -0.113. The summed E-state index contributed by atoms with van der Waals surface area (Å²) in [4.78, 5) is 0. The van der Waals surface area contributed by atoms with Gasteiger partial charge in [-0.3, -0.25) is 0 Å².